The number of nitrogens with one attached hydrogen (secondary N) is 1. The lowest BCUT2D eigenvalue weighted by molar-refractivity contribution is 0.0790. The molecule has 2 aliphatic rings. The molecule has 1 aromatic carbocycles. The van der Waals surface area contributed by atoms with Crippen LogP contribution < -0.4 is 5.56 Å². The number of aromatic nitrogens is 2. The quantitative estimate of drug-likeness (QED) is 0.793. The number of H-pyrrole nitrogens is 1. The number of likely N-dealkylation sites (tertiary alicyclic amines) is 1. The number of benzene rings is 1. The van der Waals surface area contributed by atoms with Crippen LogP contribution in [-0.4, -0.2) is 59.4 Å². The minimum atomic E-state index is -3.38. The van der Waals surface area contributed by atoms with E-state index in [0.29, 0.717) is 48.6 Å². The smallest absolute Gasteiger partial charge is 0.255 e. The summed E-state index contributed by atoms with van der Waals surface area (Å²) in [5.41, 5.74) is 0.932. The van der Waals surface area contributed by atoms with Crippen molar-refractivity contribution in [2.45, 2.75) is 25.3 Å². The first kappa shape index (κ1) is 19.7. The predicted octanol–water partition coefficient (Wildman–Crippen LogP) is 0.856. The summed E-state index contributed by atoms with van der Waals surface area (Å²) in [4.78, 5) is 34.1. The van der Waals surface area contributed by atoms with Crippen LogP contribution in [-0.2, 0) is 23.0 Å². The summed E-state index contributed by atoms with van der Waals surface area (Å²) < 4.78 is 38.2. The first-order valence-corrected chi connectivity index (χ1v) is 11.2. The Morgan fingerprint density at radius 1 is 1.31 bits per heavy atom. The van der Waals surface area contributed by atoms with E-state index >= 15 is 0 Å². The Labute approximate surface area is 167 Å². The zero-order chi connectivity index (χ0) is 20.8. The van der Waals surface area contributed by atoms with Gasteiger partial charge in [0.05, 0.1) is 17.5 Å². The van der Waals surface area contributed by atoms with Crippen molar-refractivity contribution in [1.29, 1.82) is 0 Å². The van der Waals surface area contributed by atoms with Gasteiger partial charge in [-0.15, -0.1) is 0 Å². The number of sulfonamides is 1. The van der Waals surface area contributed by atoms with Crippen LogP contribution in [0.4, 0.5) is 4.39 Å². The molecule has 4 rings (SSSR count). The van der Waals surface area contributed by atoms with E-state index in [1.807, 2.05) is 0 Å². The third-order valence-corrected chi connectivity index (χ3v) is 6.70. The van der Waals surface area contributed by atoms with Gasteiger partial charge >= 0.3 is 0 Å². The molecule has 0 saturated carbocycles. The maximum absolute atomic E-state index is 13.4. The fourth-order valence-corrected chi connectivity index (χ4v) is 4.65. The van der Waals surface area contributed by atoms with Crippen molar-refractivity contribution in [3.8, 4) is 0 Å². The zero-order valence-corrected chi connectivity index (χ0v) is 16.7. The molecule has 1 unspecified atom stereocenters. The monoisotopic (exact) mass is 420 g/mol. The summed E-state index contributed by atoms with van der Waals surface area (Å²) in [5.74, 6) is -0.332. The Bertz CT molecular complexity index is 1130. The Morgan fingerprint density at radius 3 is 2.83 bits per heavy atom. The van der Waals surface area contributed by atoms with Crippen molar-refractivity contribution >= 4 is 15.9 Å². The third-order valence-electron chi connectivity index (χ3n) is 5.45. The molecule has 0 aliphatic carbocycles. The molecule has 154 valence electrons. The lowest BCUT2D eigenvalue weighted by Gasteiger charge is -2.26. The molecular weight excluding hydrogens is 399 g/mol. The molecule has 0 bridgehead atoms. The molecule has 3 heterocycles. The van der Waals surface area contributed by atoms with Crippen molar-refractivity contribution in [1.82, 2.24) is 19.2 Å². The standard InChI is InChI=1S/C19H21FN4O4S/c1-29(27,28)24-8-6-16-15(11-24)18(25)22-17(21-16)13-5-7-23(10-13)19(26)12-3-2-4-14(20)9-12/h2-4,9,13H,5-8,10-11H2,1H3,(H,21,22,25). The largest absolute Gasteiger partial charge is 0.338 e. The Hall–Kier alpha value is -2.59. The van der Waals surface area contributed by atoms with Crippen LogP contribution in [0.5, 0.6) is 0 Å². The van der Waals surface area contributed by atoms with Crippen molar-refractivity contribution in [3.63, 3.8) is 0 Å². The molecule has 0 spiro atoms. The maximum Gasteiger partial charge on any atom is 0.255 e. The highest BCUT2D eigenvalue weighted by Gasteiger charge is 2.32. The summed E-state index contributed by atoms with van der Waals surface area (Å²) >= 11 is 0. The molecule has 1 amide bonds. The van der Waals surface area contributed by atoms with Crippen LogP contribution >= 0.6 is 0 Å². The molecule has 1 saturated heterocycles. The molecular formula is C19H21FN4O4S. The van der Waals surface area contributed by atoms with Gasteiger partial charge in [-0.2, -0.15) is 4.31 Å². The number of hydrogen-bond acceptors (Lipinski definition) is 5. The number of carbonyl (C=O) groups excluding carboxylic acids is 1. The lowest BCUT2D eigenvalue weighted by atomic mass is 10.1. The van der Waals surface area contributed by atoms with E-state index in [2.05, 4.69) is 9.97 Å². The topological polar surface area (TPSA) is 103 Å². The van der Waals surface area contributed by atoms with Crippen LogP contribution in [0, 0.1) is 5.82 Å². The van der Waals surface area contributed by atoms with E-state index in [9.17, 15) is 22.4 Å². The second-order valence-corrected chi connectivity index (χ2v) is 9.45. The van der Waals surface area contributed by atoms with Gasteiger partial charge in [-0.3, -0.25) is 9.59 Å². The molecule has 0 radical (unpaired) electrons. The molecule has 1 N–H and O–H groups in total. The molecule has 10 heteroatoms. The number of rotatable bonds is 3. The Morgan fingerprint density at radius 2 is 2.10 bits per heavy atom. The minimum Gasteiger partial charge on any atom is -0.338 e. The van der Waals surface area contributed by atoms with Gasteiger partial charge in [-0.1, -0.05) is 6.07 Å². The lowest BCUT2D eigenvalue weighted by Crippen LogP contribution is -2.39. The first-order chi connectivity index (χ1) is 13.7. The summed E-state index contributed by atoms with van der Waals surface area (Å²) in [7, 11) is -3.38. The molecule has 29 heavy (non-hydrogen) atoms. The van der Waals surface area contributed by atoms with Crippen LogP contribution in [0.2, 0.25) is 0 Å². The fourth-order valence-electron chi connectivity index (χ4n) is 3.87. The van der Waals surface area contributed by atoms with E-state index in [1.165, 1.54) is 22.5 Å². The van der Waals surface area contributed by atoms with Gasteiger partial charge in [0, 0.05) is 44.1 Å². The normalized spacial score (nSPS) is 19.9. The number of hydrogen-bond donors (Lipinski definition) is 1. The minimum absolute atomic E-state index is 0.0195. The van der Waals surface area contributed by atoms with Crippen LogP contribution in [0.3, 0.4) is 0 Å². The number of nitrogens with zero attached hydrogens (tertiary/aromatic N) is 3. The van der Waals surface area contributed by atoms with Gasteiger partial charge < -0.3 is 9.88 Å². The SMILES string of the molecule is CS(=O)(=O)N1CCc2nc(C3CCN(C(=O)c4cccc(F)c4)C3)[nH]c(=O)c2C1. The summed E-state index contributed by atoms with van der Waals surface area (Å²) in [6.45, 7) is 1.18. The van der Waals surface area contributed by atoms with Gasteiger partial charge in [0.1, 0.15) is 11.6 Å². The van der Waals surface area contributed by atoms with Gasteiger partial charge in [-0.05, 0) is 24.6 Å². The van der Waals surface area contributed by atoms with Crippen molar-refractivity contribution in [2.75, 3.05) is 25.9 Å². The first-order valence-electron chi connectivity index (χ1n) is 9.34. The number of halogens is 1. The van der Waals surface area contributed by atoms with E-state index in [0.717, 1.165) is 6.26 Å². The Balaban J connectivity index is 1.53. The van der Waals surface area contributed by atoms with Gasteiger partial charge in [-0.25, -0.2) is 17.8 Å². The van der Waals surface area contributed by atoms with E-state index < -0.39 is 15.8 Å². The average Bonchev–Trinajstić information content (AvgIpc) is 3.16. The summed E-state index contributed by atoms with van der Waals surface area (Å²) in [6.07, 6.45) is 2.13. The van der Waals surface area contributed by atoms with E-state index in [4.69, 9.17) is 0 Å². The van der Waals surface area contributed by atoms with E-state index in [1.54, 1.807) is 11.0 Å². The maximum atomic E-state index is 13.4. The third kappa shape index (κ3) is 3.95. The molecule has 1 atom stereocenters. The zero-order valence-electron chi connectivity index (χ0n) is 15.9. The second-order valence-electron chi connectivity index (χ2n) is 7.47. The number of fused-ring (bicyclic) bond motifs is 1. The average molecular weight is 420 g/mol. The van der Waals surface area contributed by atoms with Gasteiger partial charge in [0.2, 0.25) is 10.0 Å². The molecule has 2 aliphatic heterocycles. The van der Waals surface area contributed by atoms with Crippen molar-refractivity contribution in [3.05, 3.63) is 63.1 Å². The number of aromatic amines is 1. The highest BCUT2D eigenvalue weighted by molar-refractivity contribution is 7.88. The summed E-state index contributed by atoms with van der Waals surface area (Å²) in [5, 5.41) is 0. The van der Waals surface area contributed by atoms with Crippen molar-refractivity contribution < 1.29 is 17.6 Å². The number of carbonyl (C=O) groups is 1. The second kappa shape index (κ2) is 7.34. The molecule has 1 fully saturated rings. The van der Waals surface area contributed by atoms with Crippen LogP contribution in [0.1, 0.15) is 39.8 Å². The highest BCUT2D eigenvalue weighted by Crippen LogP contribution is 2.27. The van der Waals surface area contributed by atoms with Crippen molar-refractivity contribution in [2.24, 2.45) is 0 Å². The molecule has 1 aromatic heterocycles. The molecule has 2 aromatic rings. The fraction of sp³-hybridized carbons (Fsp3) is 0.421. The number of amides is 1. The van der Waals surface area contributed by atoms with Crippen LogP contribution in [0.15, 0.2) is 29.1 Å². The highest BCUT2D eigenvalue weighted by atomic mass is 32.2. The summed E-state index contributed by atoms with van der Waals surface area (Å²) in [6, 6.07) is 5.57. The van der Waals surface area contributed by atoms with E-state index in [-0.39, 0.29) is 30.5 Å². The molecule has 8 nitrogen and oxygen atoms in total. The van der Waals surface area contributed by atoms with Crippen LogP contribution in [0.25, 0.3) is 0 Å². The Kier molecular flexibility index (Phi) is 4.99. The van der Waals surface area contributed by atoms with Gasteiger partial charge in [0.25, 0.3) is 11.5 Å². The van der Waals surface area contributed by atoms with Gasteiger partial charge in [0.15, 0.2) is 0 Å². The predicted molar refractivity (Wildman–Crippen MR) is 103 cm³/mol.